The van der Waals surface area contributed by atoms with Crippen molar-refractivity contribution in [3.8, 4) is 0 Å². The average molecular weight is 231 g/mol. The number of hydrogen-bond donors (Lipinski definition) is 2. The van der Waals surface area contributed by atoms with E-state index in [4.69, 9.17) is 5.73 Å². The molecule has 0 fully saturated rings. The molecule has 6 heteroatoms. The van der Waals surface area contributed by atoms with Crippen LogP contribution in [0.25, 0.3) is 0 Å². The van der Waals surface area contributed by atoms with E-state index in [9.17, 15) is 9.59 Å². The van der Waals surface area contributed by atoms with Gasteiger partial charge in [-0.25, -0.2) is 0 Å². The summed E-state index contributed by atoms with van der Waals surface area (Å²) in [5.74, 6) is -0.396. The molecular weight excluding hydrogens is 214 g/mol. The number of nitrogens with zero attached hydrogens (tertiary/aromatic N) is 1. The van der Waals surface area contributed by atoms with E-state index in [0.717, 1.165) is 6.42 Å². The lowest BCUT2D eigenvalue weighted by Crippen LogP contribution is -2.41. The quantitative estimate of drug-likeness (QED) is 0.613. The van der Waals surface area contributed by atoms with E-state index in [1.807, 2.05) is 6.92 Å². The zero-order chi connectivity index (χ0) is 11.8. The summed E-state index contributed by atoms with van der Waals surface area (Å²) in [4.78, 5) is 24.3. The predicted molar refractivity (Wildman–Crippen MR) is 62.3 cm³/mol. The highest BCUT2D eigenvalue weighted by molar-refractivity contribution is 7.80. The molecule has 86 valence electrons. The van der Waals surface area contributed by atoms with Gasteiger partial charge in [-0.05, 0) is 6.42 Å². The SMILES string of the molecule is CCCN(CC(=O)NC)C(=O)CC(N)=S. The van der Waals surface area contributed by atoms with Crippen LogP contribution in [-0.2, 0) is 9.59 Å². The maximum atomic E-state index is 11.6. The number of carbonyl (C=O) groups excluding carboxylic acids is 2. The molecule has 0 rings (SSSR count). The Kier molecular flexibility index (Phi) is 6.61. The van der Waals surface area contributed by atoms with Crippen LogP contribution in [0, 0.1) is 0 Å². The molecule has 0 aliphatic rings. The standard InChI is InChI=1S/C9H17N3O2S/c1-3-4-12(6-8(13)11-2)9(14)5-7(10)15/h3-6H2,1-2H3,(H2,10,15)(H,11,13). The van der Waals surface area contributed by atoms with Crippen molar-refractivity contribution in [2.75, 3.05) is 20.1 Å². The van der Waals surface area contributed by atoms with Gasteiger partial charge >= 0.3 is 0 Å². The molecule has 0 bridgehead atoms. The minimum absolute atomic E-state index is 0.0202. The molecule has 3 N–H and O–H groups in total. The number of hydrogen-bond acceptors (Lipinski definition) is 3. The highest BCUT2D eigenvalue weighted by Gasteiger charge is 2.15. The van der Waals surface area contributed by atoms with Gasteiger partial charge in [-0.1, -0.05) is 19.1 Å². The molecule has 0 aliphatic heterocycles. The van der Waals surface area contributed by atoms with E-state index in [1.165, 1.54) is 11.9 Å². The van der Waals surface area contributed by atoms with E-state index in [2.05, 4.69) is 17.5 Å². The molecule has 0 heterocycles. The van der Waals surface area contributed by atoms with Crippen molar-refractivity contribution >= 4 is 29.0 Å². The summed E-state index contributed by atoms with van der Waals surface area (Å²) in [7, 11) is 1.53. The molecule has 5 nitrogen and oxygen atoms in total. The summed E-state index contributed by atoms with van der Waals surface area (Å²) in [6.07, 6.45) is 0.812. The number of nitrogens with two attached hydrogens (primary N) is 1. The lowest BCUT2D eigenvalue weighted by Gasteiger charge is -2.20. The van der Waals surface area contributed by atoms with Gasteiger partial charge in [-0.3, -0.25) is 9.59 Å². The molecule has 0 aromatic carbocycles. The highest BCUT2D eigenvalue weighted by Crippen LogP contribution is 1.96. The molecule has 0 aromatic heterocycles. The monoisotopic (exact) mass is 231 g/mol. The normalized spacial score (nSPS) is 9.47. The summed E-state index contributed by atoms with van der Waals surface area (Å²) in [6, 6.07) is 0. The summed E-state index contributed by atoms with van der Waals surface area (Å²) in [5, 5.41) is 2.47. The van der Waals surface area contributed by atoms with E-state index >= 15 is 0 Å². The summed E-state index contributed by atoms with van der Waals surface area (Å²) >= 11 is 4.65. The molecule has 15 heavy (non-hydrogen) atoms. The Bertz CT molecular complexity index is 256. The first-order valence-electron chi connectivity index (χ1n) is 4.77. The number of amides is 2. The van der Waals surface area contributed by atoms with Crippen molar-refractivity contribution in [2.24, 2.45) is 5.73 Å². The fourth-order valence-corrected chi connectivity index (χ4v) is 1.20. The van der Waals surface area contributed by atoms with Crippen LogP contribution in [0.4, 0.5) is 0 Å². The third-order valence-electron chi connectivity index (χ3n) is 1.78. The maximum Gasteiger partial charge on any atom is 0.239 e. The smallest absolute Gasteiger partial charge is 0.239 e. The van der Waals surface area contributed by atoms with Gasteiger partial charge in [-0.15, -0.1) is 0 Å². The van der Waals surface area contributed by atoms with Gasteiger partial charge in [0.15, 0.2) is 0 Å². The molecule has 0 spiro atoms. The molecule has 0 aliphatic carbocycles. The number of likely N-dealkylation sites (N-methyl/N-ethyl adjacent to an activating group) is 1. The van der Waals surface area contributed by atoms with Gasteiger partial charge in [-0.2, -0.15) is 0 Å². The van der Waals surface area contributed by atoms with Crippen LogP contribution >= 0.6 is 12.2 Å². The Labute approximate surface area is 95.0 Å². The van der Waals surface area contributed by atoms with E-state index in [1.54, 1.807) is 0 Å². The van der Waals surface area contributed by atoms with E-state index < -0.39 is 0 Å². The molecule has 0 saturated heterocycles. The van der Waals surface area contributed by atoms with Crippen molar-refractivity contribution < 1.29 is 9.59 Å². The zero-order valence-electron chi connectivity index (χ0n) is 9.08. The Morgan fingerprint density at radius 3 is 2.47 bits per heavy atom. The maximum absolute atomic E-state index is 11.6. The lowest BCUT2D eigenvalue weighted by atomic mass is 10.3. The van der Waals surface area contributed by atoms with Crippen LogP contribution in [0.1, 0.15) is 19.8 Å². The van der Waals surface area contributed by atoms with Crippen LogP contribution < -0.4 is 11.1 Å². The van der Waals surface area contributed by atoms with Gasteiger partial charge in [0.1, 0.15) is 0 Å². The van der Waals surface area contributed by atoms with Gasteiger partial charge in [0.2, 0.25) is 11.8 Å². The fraction of sp³-hybridized carbons (Fsp3) is 0.667. The Morgan fingerprint density at radius 2 is 2.07 bits per heavy atom. The van der Waals surface area contributed by atoms with Gasteiger partial charge in [0, 0.05) is 13.6 Å². The Balaban J connectivity index is 4.30. The second kappa shape index (κ2) is 7.17. The molecule has 0 aromatic rings. The first-order valence-corrected chi connectivity index (χ1v) is 5.18. The molecule has 2 amide bonds. The molecule has 0 saturated carbocycles. The summed E-state index contributed by atoms with van der Waals surface area (Å²) in [5.41, 5.74) is 5.27. The van der Waals surface area contributed by atoms with Crippen LogP contribution in [0.3, 0.4) is 0 Å². The third-order valence-corrected chi connectivity index (χ3v) is 1.93. The van der Waals surface area contributed by atoms with Crippen molar-refractivity contribution in [3.63, 3.8) is 0 Å². The lowest BCUT2D eigenvalue weighted by molar-refractivity contribution is -0.134. The molecule has 0 unspecified atom stereocenters. The van der Waals surface area contributed by atoms with Crippen LogP contribution in [0.15, 0.2) is 0 Å². The predicted octanol–water partition coefficient (Wildman–Crippen LogP) is -0.353. The van der Waals surface area contributed by atoms with E-state index in [-0.39, 0.29) is 29.8 Å². The minimum Gasteiger partial charge on any atom is -0.393 e. The van der Waals surface area contributed by atoms with E-state index in [0.29, 0.717) is 6.54 Å². The van der Waals surface area contributed by atoms with Crippen molar-refractivity contribution in [2.45, 2.75) is 19.8 Å². The highest BCUT2D eigenvalue weighted by atomic mass is 32.1. The van der Waals surface area contributed by atoms with Crippen molar-refractivity contribution in [1.82, 2.24) is 10.2 Å². The molecule has 0 atom stereocenters. The van der Waals surface area contributed by atoms with Crippen LogP contribution in [0.2, 0.25) is 0 Å². The average Bonchev–Trinajstić information content (AvgIpc) is 2.15. The van der Waals surface area contributed by atoms with Gasteiger partial charge < -0.3 is 16.0 Å². The zero-order valence-corrected chi connectivity index (χ0v) is 9.89. The summed E-state index contributed by atoms with van der Waals surface area (Å²) in [6.45, 7) is 2.53. The second-order valence-corrected chi connectivity index (χ2v) is 3.66. The summed E-state index contributed by atoms with van der Waals surface area (Å²) < 4.78 is 0. The largest absolute Gasteiger partial charge is 0.393 e. The van der Waals surface area contributed by atoms with Crippen LogP contribution in [-0.4, -0.2) is 41.8 Å². The number of thiocarbonyl (C=S) groups is 1. The Morgan fingerprint density at radius 1 is 1.47 bits per heavy atom. The Hall–Kier alpha value is -1.17. The first kappa shape index (κ1) is 13.8. The number of rotatable bonds is 6. The van der Waals surface area contributed by atoms with Crippen LogP contribution in [0.5, 0.6) is 0 Å². The first-order chi connectivity index (χ1) is 7.01. The van der Waals surface area contributed by atoms with Gasteiger partial charge in [0.25, 0.3) is 0 Å². The second-order valence-electron chi connectivity index (χ2n) is 3.13. The van der Waals surface area contributed by atoms with Gasteiger partial charge in [0.05, 0.1) is 18.0 Å². The topological polar surface area (TPSA) is 75.4 Å². The molecular formula is C9H17N3O2S. The molecule has 0 radical (unpaired) electrons. The van der Waals surface area contributed by atoms with Crippen molar-refractivity contribution in [1.29, 1.82) is 0 Å². The number of nitrogens with one attached hydrogen (secondary N) is 1. The van der Waals surface area contributed by atoms with Crippen molar-refractivity contribution in [3.05, 3.63) is 0 Å². The fourth-order valence-electron chi connectivity index (χ4n) is 1.08. The third kappa shape index (κ3) is 6.01. The minimum atomic E-state index is -0.201. The number of carbonyl (C=O) groups is 2.